The van der Waals surface area contributed by atoms with Crippen LogP contribution in [0.5, 0.6) is 10.9 Å². The summed E-state index contributed by atoms with van der Waals surface area (Å²) in [5, 5.41) is 2.44. The number of morpholine rings is 1. The lowest BCUT2D eigenvalue weighted by atomic mass is 9.92. The van der Waals surface area contributed by atoms with E-state index in [9.17, 15) is 4.79 Å². The molecule has 2 aliphatic rings. The molecule has 1 aliphatic carbocycles. The molecule has 1 aromatic carbocycles. The first kappa shape index (κ1) is 15.6. The van der Waals surface area contributed by atoms with E-state index in [2.05, 4.69) is 11.9 Å². The van der Waals surface area contributed by atoms with Crippen molar-refractivity contribution in [3.8, 4) is 10.9 Å². The maximum Gasteiger partial charge on any atom is 0.278 e. The molecule has 1 unspecified atom stereocenters. The number of carbonyl (C=O) groups is 1. The van der Waals surface area contributed by atoms with Crippen molar-refractivity contribution in [2.75, 3.05) is 19.8 Å². The van der Waals surface area contributed by atoms with E-state index in [-0.39, 0.29) is 11.4 Å². The molecule has 126 valence electrons. The Morgan fingerprint density at radius 2 is 2.33 bits per heavy atom. The molecule has 1 aliphatic heterocycles. The molecule has 6 heteroatoms. The molecule has 5 nitrogen and oxygen atoms in total. The van der Waals surface area contributed by atoms with Gasteiger partial charge in [0, 0.05) is 23.7 Å². The van der Waals surface area contributed by atoms with Crippen LogP contribution in [0.4, 0.5) is 0 Å². The Balaban J connectivity index is 1.57. The first-order valence-electron chi connectivity index (χ1n) is 8.24. The Labute approximate surface area is 145 Å². The van der Waals surface area contributed by atoms with Crippen LogP contribution in [-0.4, -0.2) is 41.1 Å². The molecule has 4 rings (SSSR count). The molecule has 1 aromatic heterocycles. The number of aromatic nitrogens is 1. The Morgan fingerprint density at radius 1 is 1.46 bits per heavy atom. The molecule has 1 saturated carbocycles. The van der Waals surface area contributed by atoms with Crippen molar-refractivity contribution in [2.45, 2.75) is 25.3 Å². The minimum atomic E-state index is -0.193. The number of rotatable bonds is 4. The maximum atomic E-state index is 13.1. The van der Waals surface area contributed by atoms with Gasteiger partial charge in [-0.15, -0.1) is 0 Å². The quantitative estimate of drug-likeness (QED) is 0.851. The zero-order valence-electron chi connectivity index (χ0n) is 13.6. The molecule has 2 heterocycles. The number of carbonyl (C=O) groups excluding carboxylic acids is 1. The topological polar surface area (TPSA) is 51.7 Å². The van der Waals surface area contributed by atoms with Crippen LogP contribution in [0.15, 0.2) is 35.8 Å². The Hall–Kier alpha value is -1.92. The van der Waals surface area contributed by atoms with E-state index in [1.54, 1.807) is 12.3 Å². The van der Waals surface area contributed by atoms with Gasteiger partial charge in [0.1, 0.15) is 5.75 Å². The molecule has 2 fully saturated rings. The summed E-state index contributed by atoms with van der Waals surface area (Å²) in [4.78, 5) is 19.2. The van der Waals surface area contributed by atoms with Gasteiger partial charge in [0.05, 0.1) is 18.8 Å². The highest BCUT2D eigenvalue weighted by Gasteiger charge is 2.49. The standard InChI is InChI=1S/C18H20N2O3S/c1-18(14-5-6-14)12-22-9-8-20(18)16(21)13-3-2-4-15(11-13)23-17-19-7-10-24-17/h2-4,7,10-11,14H,5-6,8-9,12H2,1H3. The van der Waals surface area contributed by atoms with Gasteiger partial charge in [0.2, 0.25) is 0 Å². The lowest BCUT2D eigenvalue weighted by Gasteiger charge is -2.45. The summed E-state index contributed by atoms with van der Waals surface area (Å²) in [6, 6.07) is 7.34. The molecular weight excluding hydrogens is 324 g/mol. The van der Waals surface area contributed by atoms with E-state index in [0.717, 1.165) is 0 Å². The second-order valence-corrected chi connectivity index (χ2v) is 7.43. The highest BCUT2D eigenvalue weighted by molar-refractivity contribution is 7.11. The second-order valence-electron chi connectivity index (χ2n) is 6.57. The molecule has 24 heavy (non-hydrogen) atoms. The van der Waals surface area contributed by atoms with E-state index >= 15 is 0 Å². The fourth-order valence-electron chi connectivity index (χ4n) is 3.35. The largest absolute Gasteiger partial charge is 0.431 e. The van der Waals surface area contributed by atoms with Gasteiger partial charge in [-0.1, -0.05) is 17.4 Å². The minimum Gasteiger partial charge on any atom is -0.431 e. The van der Waals surface area contributed by atoms with Crippen molar-refractivity contribution in [1.82, 2.24) is 9.88 Å². The smallest absolute Gasteiger partial charge is 0.278 e. The molecule has 0 N–H and O–H groups in total. The number of thiazole rings is 1. The normalized spacial score (nSPS) is 24.0. The zero-order valence-corrected chi connectivity index (χ0v) is 14.4. The predicted molar refractivity (Wildman–Crippen MR) is 91.6 cm³/mol. The summed E-state index contributed by atoms with van der Waals surface area (Å²) in [6.07, 6.45) is 4.05. The third-order valence-electron chi connectivity index (χ3n) is 4.87. The molecule has 1 amide bonds. The fraction of sp³-hybridized carbons (Fsp3) is 0.444. The van der Waals surface area contributed by atoms with Gasteiger partial charge in [-0.05, 0) is 43.9 Å². The van der Waals surface area contributed by atoms with Crippen molar-refractivity contribution < 1.29 is 14.3 Å². The molecular formula is C18H20N2O3S. The van der Waals surface area contributed by atoms with Crippen LogP contribution in [-0.2, 0) is 4.74 Å². The highest BCUT2D eigenvalue weighted by Crippen LogP contribution is 2.44. The molecule has 0 radical (unpaired) electrons. The summed E-state index contributed by atoms with van der Waals surface area (Å²) in [7, 11) is 0. The third-order valence-corrected chi connectivity index (χ3v) is 5.52. The van der Waals surface area contributed by atoms with Gasteiger partial charge in [-0.2, -0.15) is 0 Å². The number of hydrogen-bond donors (Lipinski definition) is 0. The molecule has 0 spiro atoms. The van der Waals surface area contributed by atoms with Gasteiger partial charge < -0.3 is 14.4 Å². The lowest BCUT2D eigenvalue weighted by Crippen LogP contribution is -2.58. The molecule has 1 atom stereocenters. The second kappa shape index (κ2) is 6.18. The van der Waals surface area contributed by atoms with E-state index in [1.807, 2.05) is 28.5 Å². The minimum absolute atomic E-state index is 0.0530. The van der Waals surface area contributed by atoms with Crippen molar-refractivity contribution in [3.63, 3.8) is 0 Å². The van der Waals surface area contributed by atoms with Gasteiger partial charge in [0.25, 0.3) is 11.1 Å². The van der Waals surface area contributed by atoms with Crippen LogP contribution < -0.4 is 4.74 Å². The molecule has 0 bridgehead atoms. The van der Waals surface area contributed by atoms with Crippen molar-refractivity contribution >= 4 is 17.2 Å². The average molecular weight is 344 g/mol. The monoisotopic (exact) mass is 344 g/mol. The number of ether oxygens (including phenoxy) is 2. The molecule has 1 saturated heterocycles. The van der Waals surface area contributed by atoms with Crippen molar-refractivity contribution in [1.29, 1.82) is 0 Å². The summed E-state index contributed by atoms with van der Waals surface area (Å²) in [5.41, 5.74) is 0.458. The van der Waals surface area contributed by atoms with Crippen LogP contribution in [0.1, 0.15) is 30.1 Å². The maximum absolute atomic E-state index is 13.1. The number of nitrogens with zero attached hydrogens (tertiary/aromatic N) is 2. The zero-order chi connectivity index (χ0) is 16.6. The van der Waals surface area contributed by atoms with Crippen LogP contribution in [0, 0.1) is 5.92 Å². The van der Waals surface area contributed by atoms with Gasteiger partial charge >= 0.3 is 0 Å². The number of hydrogen-bond acceptors (Lipinski definition) is 5. The fourth-order valence-corrected chi connectivity index (χ4v) is 3.86. The van der Waals surface area contributed by atoms with Crippen molar-refractivity contribution in [3.05, 3.63) is 41.4 Å². The number of benzene rings is 1. The van der Waals surface area contributed by atoms with Gasteiger partial charge in [0.15, 0.2) is 0 Å². The van der Waals surface area contributed by atoms with E-state index < -0.39 is 0 Å². The van der Waals surface area contributed by atoms with Crippen molar-refractivity contribution in [2.24, 2.45) is 5.92 Å². The predicted octanol–water partition coefficient (Wildman–Crippen LogP) is 3.58. The number of amides is 1. The Kier molecular flexibility index (Phi) is 4.02. The summed E-state index contributed by atoms with van der Waals surface area (Å²) in [6.45, 7) is 4.02. The third kappa shape index (κ3) is 2.91. The van der Waals surface area contributed by atoms with Crippen LogP contribution in [0.2, 0.25) is 0 Å². The van der Waals surface area contributed by atoms with Crippen LogP contribution >= 0.6 is 11.3 Å². The first-order chi connectivity index (χ1) is 11.7. The van der Waals surface area contributed by atoms with Gasteiger partial charge in [-0.25, -0.2) is 4.98 Å². The average Bonchev–Trinajstić information content (AvgIpc) is 3.35. The highest BCUT2D eigenvalue weighted by atomic mass is 32.1. The lowest BCUT2D eigenvalue weighted by molar-refractivity contribution is -0.0547. The summed E-state index contributed by atoms with van der Waals surface area (Å²) >= 11 is 1.43. The van der Waals surface area contributed by atoms with Crippen LogP contribution in [0.25, 0.3) is 0 Å². The Morgan fingerprint density at radius 3 is 3.08 bits per heavy atom. The van der Waals surface area contributed by atoms with E-state index in [1.165, 1.54) is 24.2 Å². The summed E-state index contributed by atoms with van der Waals surface area (Å²) in [5.74, 6) is 1.24. The van der Waals surface area contributed by atoms with Gasteiger partial charge in [-0.3, -0.25) is 4.79 Å². The summed E-state index contributed by atoms with van der Waals surface area (Å²) < 4.78 is 11.4. The van der Waals surface area contributed by atoms with E-state index in [0.29, 0.717) is 42.2 Å². The first-order valence-corrected chi connectivity index (χ1v) is 9.12. The molecule has 2 aromatic rings. The Bertz CT molecular complexity index is 730. The van der Waals surface area contributed by atoms with Crippen LogP contribution in [0.3, 0.4) is 0 Å². The van der Waals surface area contributed by atoms with E-state index in [4.69, 9.17) is 9.47 Å². The SMILES string of the molecule is CC1(C2CC2)COCCN1C(=O)c1cccc(Oc2nccs2)c1.